The maximum Gasteiger partial charge on any atom is 0.161 e. The molecule has 3 heterocycles. The minimum atomic E-state index is 0.851. The summed E-state index contributed by atoms with van der Waals surface area (Å²) < 4.78 is 1.96. The molecular weight excluding hydrogens is 218 g/mol. The molecule has 0 fully saturated rings. The maximum absolute atomic E-state index is 4.13. The molecule has 0 bridgehead atoms. The minimum Gasteiger partial charge on any atom is -0.283 e. The minimum absolute atomic E-state index is 0.851. The lowest BCUT2D eigenvalue weighted by atomic mass is 10.4. The maximum atomic E-state index is 4.13. The SMILES string of the molecule is C(=Cc1nnc2ccccn12)c1cccs1. The summed E-state index contributed by atoms with van der Waals surface area (Å²) in [6.45, 7) is 0. The Balaban J connectivity index is 2.01. The summed E-state index contributed by atoms with van der Waals surface area (Å²) in [6, 6.07) is 9.97. The van der Waals surface area contributed by atoms with Crippen molar-refractivity contribution in [3.8, 4) is 0 Å². The molecule has 3 aromatic heterocycles. The Morgan fingerprint density at radius 2 is 2.06 bits per heavy atom. The van der Waals surface area contributed by atoms with Crippen molar-refractivity contribution in [2.24, 2.45) is 0 Å². The first kappa shape index (κ1) is 9.30. The normalized spacial score (nSPS) is 11.5. The molecule has 0 atom stereocenters. The highest BCUT2D eigenvalue weighted by molar-refractivity contribution is 7.10. The standard InChI is InChI=1S/C12H9N3S/c1-2-8-15-11(5-1)13-14-12(15)7-6-10-4-3-9-16-10/h1-9H. The van der Waals surface area contributed by atoms with Gasteiger partial charge >= 0.3 is 0 Å². The van der Waals surface area contributed by atoms with Crippen molar-refractivity contribution in [3.63, 3.8) is 0 Å². The zero-order chi connectivity index (χ0) is 10.8. The fraction of sp³-hybridized carbons (Fsp3) is 0. The Labute approximate surface area is 96.7 Å². The third kappa shape index (κ3) is 1.63. The Bertz CT molecular complexity index is 623. The van der Waals surface area contributed by atoms with Crippen molar-refractivity contribution in [2.45, 2.75) is 0 Å². The molecule has 3 nitrogen and oxygen atoms in total. The highest BCUT2D eigenvalue weighted by Gasteiger charge is 1.99. The molecule has 16 heavy (non-hydrogen) atoms. The predicted octanol–water partition coefficient (Wildman–Crippen LogP) is 2.96. The fourth-order valence-corrected chi connectivity index (χ4v) is 2.13. The van der Waals surface area contributed by atoms with Crippen LogP contribution in [0, 0.1) is 0 Å². The first-order chi connectivity index (χ1) is 7.93. The van der Waals surface area contributed by atoms with E-state index in [0.29, 0.717) is 0 Å². The van der Waals surface area contributed by atoms with Gasteiger partial charge in [0.05, 0.1) is 0 Å². The number of hydrogen-bond acceptors (Lipinski definition) is 3. The lowest BCUT2D eigenvalue weighted by Gasteiger charge is -1.92. The zero-order valence-corrected chi connectivity index (χ0v) is 9.26. The Morgan fingerprint density at radius 3 is 2.94 bits per heavy atom. The average molecular weight is 227 g/mol. The van der Waals surface area contributed by atoms with E-state index in [1.807, 2.05) is 47.0 Å². The van der Waals surface area contributed by atoms with E-state index >= 15 is 0 Å². The largest absolute Gasteiger partial charge is 0.283 e. The second kappa shape index (κ2) is 3.90. The van der Waals surface area contributed by atoms with Crippen molar-refractivity contribution >= 4 is 29.1 Å². The van der Waals surface area contributed by atoms with Crippen LogP contribution in [0.15, 0.2) is 41.9 Å². The van der Waals surface area contributed by atoms with Crippen molar-refractivity contribution in [1.29, 1.82) is 0 Å². The van der Waals surface area contributed by atoms with Crippen LogP contribution in [0.5, 0.6) is 0 Å². The van der Waals surface area contributed by atoms with Crippen LogP contribution in [0.4, 0.5) is 0 Å². The van der Waals surface area contributed by atoms with Gasteiger partial charge in [0.1, 0.15) is 0 Å². The van der Waals surface area contributed by atoms with Gasteiger partial charge in [0.25, 0.3) is 0 Å². The summed E-state index contributed by atoms with van der Waals surface area (Å²) in [6.07, 6.45) is 5.99. The molecule has 0 N–H and O–H groups in total. The molecule has 0 aliphatic heterocycles. The van der Waals surface area contributed by atoms with Gasteiger partial charge in [0.2, 0.25) is 0 Å². The van der Waals surface area contributed by atoms with Gasteiger partial charge in [-0.3, -0.25) is 4.40 Å². The van der Waals surface area contributed by atoms with Gasteiger partial charge in [-0.2, -0.15) is 0 Å². The van der Waals surface area contributed by atoms with Gasteiger partial charge in [-0.25, -0.2) is 0 Å². The Kier molecular flexibility index (Phi) is 2.27. The van der Waals surface area contributed by atoms with Crippen LogP contribution in [0.25, 0.3) is 17.8 Å². The smallest absolute Gasteiger partial charge is 0.161 e. The van der Waals surface area contributed by atoms with Gasteiger partial charge in [0, 0.05) is 11.1 Å². The van der Waals surface area contributed by atoms with E-state index in [0.717, 1.165) is 11.5 Å². The molecule has 0 spiro atoms. The molecule has 0 saturated heterocycles. The number of nitrogens with zero attached hydrogens (tertiary/aromatic N) is 3. The van der Waals surface area contributed by atoms with Gasteiger partial charge < -0.3 is 0 Å². The van der Waals surface area contributed by atoms with Crippen molar-refractivity contribution in [1.82, 2.24) is 14.6 Å². The predicted molar refractivity (Wildman–Crippen MR) is 66.2 cm³/mol. The summed E-state index contributed by atoms with van der Waals surface area (Å²) in [5, 5.41) is 10.3. The van der Waals surface area contributed by atoms with E-state index < -0.39 is 0 Å². The van der Waals surface area contributed by atoms with Crippen LogP contribution in [-0.2, 0) is 0 Å². The highest BCUT2D eigenvalue weighted by atomic mass is 32.1. The number of aromatic nitrogens is 3. The molecule has 0 amide bonds. The molecule has 3 aromatic rings. The first-order valence-corrected chi connectivity index (χ1v) is 5.83. The molecule has 0 aliphatic rings. The second-order valence-electron chi connectivity index (χ2n) is 3.34. The summed E-state index contributed by atoms with van der Waals surface area (Å²) in [4.78, 5) is 1.22. The molecule has 0 aromatic carbocycles. The molecule has 0 radical (unpaired) electrons. The number of pyridine rings is 1. The molecule has 0 unspecified atom stereocenters. The molecule has 0 aliphatic carbocycles. The van der Waals surface area contributed by atoms with Crippen molar-refractivity contribution in [2.75, 3.05) is 0 Å². The number of fused-ring (bicyclic) bond motifs is 1. The molecular formula is C12H9N3S. The van der Waals surface area contributed by atoms with E-state index in [4.69, 9.17) is 0 Å². The second-order valence-corrected chi connectivity index (χ2v) is 4.32. The highest BCUT2D eigenvalue weighted by Crippen LogP contribution is 2.13. The van der Waals surface area contributed by atoms with Crippen molar-refractivity contribution < 1.29 is 0 Å². The topological polar surface area (TPSA) is 30.2 Å². The summed E-state index contributed by atoms with van der Waals surface area (Å²) in [5.74, 6) is 0.851. The third-order valence-corrected chi connectivity index (χ3v) is 3.12. The Hall–Kier alpha value is -1.94. The summed E-state index contributed by atoms with van der Waals surface area (Å²) >= 11 is 1.71. The molecule has 78 valence electrons. The van der Waals surface area contributed by atoms with E-state index in [9.17, 15) is 0 Å². The van der Waals surface area contributed by atoms with Crippen molar-refractivity contribution in [3.05, 3.63) is 52.6 Å². The Morgan fingerprint density at radius 1 is 1.06 bits per heavy atom. The van der Waals surface area contributed by atoms with Crippen LogP contribution in [0.2, 0.25) is 0 Å². The van der Waals surface area contributed by atoms with Gasteiger partial charge in [-0.05, 0) is 35.7 Å². The fourth-order valence-electron chi connectivity index (χ4n) is 1.52. The molecule has 0 saturated carbocycles. The van der Waals surface area contributed by atoms with Gasteiger partial charge in [0.15, 0.2) is 11.5 Å². The number of hydrogen-bond donors (Lipinski definition) is 0. The van der Waals surface area contributed by atoms with Crippen LogP contribution in [0.3, 0.4) is 0 Å². The summed E-state index contributed by atoms with van der Waals surface area (Å²) in [5.41, 5.74) is 0.869. The van der Waals surface area contributed by atoms with Crippen LogP contribution in [0.1, 0.15) is 10.7 Å². The quantitative estimate of drug-likeness (QED) is 0.673. The van der Waals surface area contributed by atoms with Gasteiger partial charge in [-0.15, -0.1) is 21.5 Å². The van der Waals surface area contributed by atoms with Gasteiger partial charge in [-0.1, -0.05) is 12.1 Å². The lowest BCUT2D eigenvalue weighted by Crippen LogP contribution is -1.85. The number of thiophene rings is 1. The first-order valence-electron chi connectivity index (χ1n) is 4.95. The van der Waals surface area contributed by atoms with Crippen LogP contribution in [-0.4, -0.2) is 14.6 Å². The molecule has 3 rings (SSSR count). The van der Waals surface area contributed by atoms with E-state index in [1.165, 1.54) is 4.88 Å². The van der Waals surface area contributed by atoms with Crippen LogP contribution >= 0.6 is 11.3 Å². The monoisotopic (exact) mass is 227 g/mol. The molecule has 4 heteroatoms. The zero-order valence-electron chi connectivity index (χ0n) is 8.45. The van der Waals surface area contributed by atoms with E-state index in [2.05, 4.69) is 21.6 Å². The average Bonchev–Trinajstić information content (AvgIpc) is 2.96. The van der Waals surface area contributed by atoms with E-state index in [1.54, 1.807) is 11.3 Å². The number of rotatable bonds is 2. The summed E-state index contributed by atoms with van der Waals surface area (Å²) in [7, 11) is 0. The lowest BCUT2D eigenvalue weighted by molar-refractivity contribution is 1.08. The van der Waals surface area contributed by atoms with Crippen LogP contribution < -0.4 is 0 Å². The third-order valence-electron chi connectivity index (χ3n) is 2.28. The van der Waals surface area contributed by atoms with E-state index in [-0.39, 0.29) is 0 Å².